The van der Waals surface area contributed by atoms with Crippen LogP contribution in [0.25, 0.3) is 11.0 Å². The van der Waals surface area contributed by atoms with Gasteiger partial charge in [-0.15, -0.1) is 0 Å². The van der Waals surface area contributed by atoms with Gasteiger partial charge in [0.2, 0.25) is 0 Å². The lowest BCUT2D eigenvalue weighted by atomic mass is 10.1. The smallest absolute Gasteiger partial charge is 0.155 e. The number of benzene rings is 1. The summed E-state index contributed by atoms with van der Waals surface area (Å²) in [5, 5.41) is 11.2. The fraction of sp³-hybridized carbons (Fsp3) is 0.214. The molecule has 0 amide bonds. The zero-order valence-corrected chi connectivity index (χ0v) is 10.3. The first kappa shape index (κ1) is 11.0. The third kappa shape index (κ3) is 1.80. The van der Waals surface area contributed by atoms with Gasteiger partial charge in [0.05, 0.1) is 12.0 Å². The number of hydrogen-bond acceptors (Lipinski definition) is 3. The second-order valence-corrected chi connectivity index (χ2v) is 4.56. The summed E-state index contributed by atoms with van der Waals surface area (Å²) in [6, 6.07) is 7.80. The maximum atomic E-state index is 10.2. The van der Waals surface area contributed by atoms with Crippen LogP contribution in [0.5, 0.6) is 0 Å². The number of aliphatic hydroxyl groups excluding tert-OH is 1. The molecule has 3 aromatic rings. The molecule has 0 spiro atoms. The molecule has 2 aromatic heterocycles. The van der Waals surface area contributed by atoms with Crippen LogP contribution in [0.15, 0.2) is 41.2 Å². The van der Waals surface area contributed by atoms with Crippen molar-refractivity contribution < 1.29 is 9.52 Å². The van der Waals surface area contributed by atoms with Gasteiger partial charge < -0.3 is 14.1 Å². The van der Waals surface area contributed by atoms with E-state index < -0.39 is 6.10 Å². The molecule has 0 radical (unpaired) electrons. The third-order valence-corrected chi connectivity index (χ3v) is 2.97. The highest BCUT2D eigenvalue weighted by atomic mass is 16.4. The van der Waals surface area contributed by atoms with Crippen LogP contribution >= 0.6 is 0 Å². The van der Waals surface area contributed by atoms with Gasteiger partial charge in [-0.3, -0.25) is 0 Å². The van der Waals surface area contributed by atoms with Gasteiger partial charge in [0.1, 0.15) is 11.3 Å². The van der Waals surface area contributed by atoms with Crippen LogP contribution in [0.1, 0.15) is 23.1 Å². The fourth-order valence-corrected chi connectivity index (χ4v) is 2.04. The predicted octanol–water partition coefficient (Wildman–Crippen LogP) is 2.56. The van der Waals surface area contributed by atoms with E-state index >= 15 is 0 Å². The summed E-state index contributed by atoms with van der Waals surface area (Å²) in [6.07, 6.45) is 2.62. The molecule has 1 atom stereocenters. The van der Waals surface area contributed by atoms with E-state index in [9.17, 15) is 5.11 Å². The number of hydrogen-bond donors (Lipinski definition) is 1. The molecule has 0 saturated heterocycles. The minimum absolute atomic E-state index is 0.523. The fourth-order valence-electron chi connectivity index (χ4n) is 2.04. The van der Waals surface area contributed by atoms with Crippen molar-refractivity contribution in [3.63, 3.8) is 0 Å². The van der Waals surface area contributed by atoms with Gasteiger partial charge in [0, 0.05) is 18.6 Å². The van der Waals surface area contributed by atoms with Crippen molar-refractivity contribution in [1.29, 1.82) is 0 Å². The number of nitrogens with zero attached hydrogens (tertiary/aromatic N) is 2. The Morgan fingerprint density at radius 2 is 2.17 bits per heavy atom. The van der Waals surface area contributed by atoms with Crippen LogP contribution in [-0.2, 0) is 7.05 Å². The Bertz CT molecular complexity index is 697. The van der Waals surface area contributed by atoms with E-state index in [-0.39, 0.29) is 0 Å². The molecule has 2 heterocycles. The average molecular weight is 242 g/mol. The minimum Gasteiger partial charge on any atom is -0.458 e. The summed E-state index contributed by atoms with van der Waals surface area (Å²) in [4.78, 5) is 4.13. The molecule has 4 nitrogen and oxygen atoms in total. The molecule has 0 saturated carbocycles. The lowest BCUT2D eigenvalue weighted by molar-refractivity contribution is 0.188. The molecule has 1 unspecified atom stereocenters. The normalized spacial score (nSPS) is 13.1. The van der Waals surface area contributed by atoms with Crippen LogP contribution in [0.2, 0.25) is 0 Å². The standard InChI is InChI=1S/C14H14N2O2/c1-9-3-4-12-10(5-9)6-13(18-12)14(17)11-7-16(2)8-15-11/h3-8,14,17H,1-2H3. The molecule has 3 rings (SSSR count). The van der Waals surface area contributed by atoms with E-state index in [0.717, 1.165) is 11.0 Å². The largest absolute Gasteiger partial charge is 0.458 e. The Morgan fingerprint density at radius 3 is 2.89 bits per heavy atom. The van der Waals surface area contributed by atoms with Gasteiger partial charge in [-0.2, -0.15) is 0 Å². The van der Waals surface area contributed by atoms with Crippen LogP contribution < -0.4 is 0 Å². The van der Waals surface area contributed by atoms with E-state index in [0.29, 0.717) is 11.5 Å². The number of aromatic nitrogens is 2. The van der Waals surface area contributed by atoms with Crippen molar-refractivity contribution in [3.05, 3.63) is 53.8 Å². The van der Waals surface area contributed by atoms with E-state index in [1.54, 1.807) is 17.1 Å². The van der Waals surface area contributed by atoms with Gasteiger partial charge in [-0.1, -0.05) is 11.6 Å². The number of aryl methyl sites for hydroxylation is 2. The van der Waals surface area contributed by atoms with Crippen LogP contribution in [-0.4, -0.2) is 14.7 Å². The first-order valence-electron chi connectivity index (χ1n) is 5.79. The van der Waals surface area contributed by atoms with Crippen LogP contribution in [0, 0.1) is 6.92 Å². The highest BCUT2D eigenvalue weighted by molar-refractivity contribution is 5.78. The molecule has 4 heteroatoms. The van der Waals surface area contributed by atoms with Gasteiger partial charge in [-0.25, -0.2) is 4.98 Å². The molecule has 0 aliphatic heterocycles. The maximum absolute atomic E-state index is 10.2. The molecular formula is C14H14N2O2. The van der Waals surface area contributed by atoms with Crippen LogP contribution in [0.4, 0.5) is 0 Å². The van der Waals surface area contributed by atoms with E-state index in [1.165, 1.54) is 5.56 Å². The van der Waals surface area contributed by atoms with Gasteiger partial charge >= 0.3 is 0 Å². The first-order chi connectivity index (χ1) is 8.63. The Balaban J connectivity index is 2.03. The molecule has 92 valence electrons. The number of imidazole rings is 1. The number of fused-ring (bicyclic) bond motifs is 1. The predicted molar refractivity (Wildman–Crippen MR) is 68.2 cm³/mol. The third-order valence-electron chi connectivity index (χ3n) is 2.97. The number of aliphatic hydroxyl groups is 1. The van der Waals surface area contributed by atoms with Crippen molar-refractivity contribution in [2.45, 2.75) is 13.0 Å². The van der Waals surface area contributed by atoms with Crippen molar-refractivity contribution in [3.8, 4) is 0 Å². The lowest BCUT2D eigenvalue weighted by Gasteiger charge is -2.02. The topological polar surface area (TPSA) is 51.2 Å². The Morgan fingerprint density at radius 1 is 1.33 bits per heavy atom. The molecule has 18 heavy (non-hydrogen) atoms. The molecule has 0 fully saturated rings. The summed E-state index contributed by atoms with van der Waals surface area (Å²) in [5.74, 6) is 0.523. The zero-order chi connectivity index (χ0) is 12.7. The van der Waals surface area contributed by atoms with Gasteiger partial charge in [0.15, 0.2) is 6.10 Å². The van der Waals surface area contributed by atoms with Crippen molar-refractivity contribution in [1.82, 2.24) is 9.55 Å². The summed E-state index contributed by atoms with van der Waals surface area (Å²) in [7, 11) is 1.87. The van der Waals surface area contributed by atoms with Crippen molar-refractivity contribution >= 4 is 11.0 Å². The quantitative estimate of drug-likeness (QED) is 0.751. The van der Waals surface area contributed by atoms with E-state index in [1.807, 2.05) is 38.2 Å². The molecule has 0 bridgehead atoms. The number of furan rings is 1. The second-order valence-electron chi connectivity index (χ2n) is 4.56. The van der Waals surface area contributed by atoms with Crippen molar-refractivity contribution in [2.24, 2.45) is 7.05 Å². The summed E-state index contributed by atoms with van der Waals surface area (Å²) < 4.78 is 7.45. The van der Waals surface area contributed by atoms with E-state index in [2.05, 4.69) is 4.98 Å². The minimum atomic E-state index is -0.820. The summed E-state index contributed by atoms with van der Waals surface area (Å²) in [5.41, 5.74) is 2.54. The zero-order valence-electron chi connectivity index (χ0n) is 10.3. The summed E-state index contributed by atoms with van der Waals surface area (Å²) in [6.45, 7) is 2.03. The molecule has 0 aliphatic rings. The van der Waals surface area contributed by atoms with Crippen molar-refractivity contribution in [2.75, 3.05) is 0 Å². The van der Waals surface area contributed by atoms with E-state index in [4.69, 9.17) is 4.42 Å². The second kappa shape index (κ2) is 3.99. The van der Waals surface area contributed by atoms with Crippen LogP contribution in [0.3, 0.4) is 0 Å². The molecule has 1 N–H and O–H groups in total. The Hall–Kier alpha value is -2.07. The average Bonchev–Trinajstić information content (AvgIpc) is 2.93. The molecule has 0 aliphatic carbocycles. The molecular weight excluding hydrogens is 228 g/mol. The number of rotatable bonds is 2. The monoisotopic (exact) mass is 242 g/mol. The first-order valence-corrected chi connectivity index (χ1v) is 5.79. The lowest BCUT2D eigenvalue weighted by Crippen LogP contribution is -1.97. The maximum Gasteiger partial charge on any atom is 0.155 e. The van der Waals surface area contributed by atoms with Gasteiger partial charge in [-0.05, 0) is 25.1 Å². The Labute approximate surface area is 104 Å². The summed E-state index contributed by atoms with van der Waals surface area (Å²) >= 11 is 0. The SMILES string of the molecule is Cc1ccc2oc(C(O)c3cn(C)cn3)cc2c1. The Kier molecular flexibility index (Phi) is 2.45. The van der Waals surface area contributed by atoms with Gasteiger partial charge in [0.25, 0.3) is 0 Å². The molecule has 1 aromatic carbocycles. The highest BCUT2D eigenvalue weighted by Gasteiger charge is 2.17. The highest BCUT2D eigenvalue weighted by Crippen LogP contribution is 2.27.